The molecule has 0 amide bonds. The standard InChI is InChI=1S/C19H14N2O2/c22-19(23)8-6-15-11-14(16-3-1-9-20-12-16)5-7-18(15)17-4-2-10-21-13-17/h1-13H,(H,22,23)/b8-6+. The Bertz CT molecular complexity index is 844. The molecule has 0 bridgehead atoms. The Morgan fingerprint density at radius 3 is 2.22 bits per heavy atom. The molecular formula is C19H14N2O2. The summed E-state index contributed by atoms with van der Waals surface area (Å²) in [6.45, 7) is 0. The van der Waals surface area contributed by atoms with Crippen LogP contribution in [0.4, 0.5) is 0 Å². The highest BCUT2D eigenvalue weighted by molar-refractivity contribution is 5.88. The molecule has 1 N–H and O–H groups in total. The van der Waals surface area contributed by atoms with Gasteiger partial charge in [-0.3, -0.25) is 9.97 Å². The van der Waals surface area contributed by atoms with Crippen molar-refractivity contribution < 1.29 is 9.90 Å². The van der Waals surface area contributed by atoms with E-state index in [0.717, 1.165) is 33.9 Å². The molecule has 0 saturated heterocycles. The molecule has 0 unspecified atom stereocenters. The summed E-state index contributed by atoms with van der Waals surface area (Å²) in [6, 6.07) is 13.6. The van der Waals surface area contributed by atoms with E-state index in [2.05, 4.69) is 9.97 Å². The van der Waals surface area contributed by atoms with E-state index in [1.807, 2.05) is 42.5 Å². The van der Waals surface area contributed by atoms with Gasteiger partial charge in [0, 0.05) is 42.0 Å². The molecule has 2 aromatic heterocycles. The summed E-state index contributed by atoms with van der Waals surface area (Å²) in [5.74, 6) is -0.978. The number of carboxylic acid groups (broad SMARTS) is 1. The number of aromatic nitrogens is 2. The van der Waals surface area contributed by atoms with Crippen molar-refractivity contribution in [1.82, 2.24) is 9.97 Å². The van der Waals surface area contributed by atoms with Crippen molar-refractivity contribution in [3.63, 3.8) is 0 Å². The van der Waals surface area contributed by atoms with E-state index in [-0.39, 0.29) is 0 Å². The summed E-state index contributed by atoms with van der Waals surface area (Å²) in [5, 5.41) is 8.91. The SMILES string of the molecule is O=C(O)/C=C/c1cc(-c2cccnc2)ccc1-c1cccnc1. The van der Waals surface area contributed by atoms with Gasteiger partial charge in [-0.05, 0) is 41.0 Å². The number of carboxylic acids is 1. The van der Waals surface area contributed by atoms with Gasteiger partial charge >= 0.3 is 5.97 Å². The van der Waals surface area contributed by atoms with Crippen molar-refractivity contribution in [2.75, 3.05) is 0 Å². The first kappa shape index (κ1) is 14.7. The van der Waals surface area contributed by atoms with E-state index < -0.39 is 5.97 Å². The van der Waals surface area contributed by atoms with E-state index in [1.54, 1.807) is 30.9 Å². The largest absolute Gasteiger partial charge is 0.478 e. The Morgan fingerprint density at radius 2 is 1.61 bits per heavy atom. The number of hydrogen-bond donors (Lipinski definition) is 1. The topological polar surface area (TPSA) is 63.1 Å². The highest BCUT2D eigenvalue weighted by Crippen LogP contribution is 2.29. The summed E-state index contributed by atoms with van der Waals surface area (Å²) in [7, 11) is 0. The number of hydrogen-bond acceptors (Lipinski definition) is 3. The molecule has 4 heteroatoms. The van der Waals surface area contributed by atoms with Crippen molar-refractivity contribution in [1.29, 1.82) is 0 Å². The molecule has 0 aliphatic heterocycles. The molecule has 0 saturated carbocycles. The van der Waals surface area contributed by atoms with Gasteiger partial charge in [0.2, 0.25) is 0 Å². The van der Waals surface area contributed by atoms with Gasteiger partial charge in [0.1, 0.15) is 0 Å². The van der Waals surface area contributed by atoms with Gasteiger partial charge in [0.15, 0.2) is 0 Å². The smallest absolute Gasteiger partial charge is 0.328 e. The molecular weight excluding hydrogens is 288 g/mol. The lowest BCUT2D eigenvalue weighted by Crippen LogP contribution is -1.90. The van der Waals surface area contributed by atoms with Gasteiger partial charge in [0.05, 0.1) is 0 Å². The second-order valence-corrected chi connectivity index (χ2v) is 4.96. The van der Waals surface area contributed by atoms with Crippen molar-refractivity contribution in [3.05, 3.63) is 78.9 Å². The molecule has 3 rings (SSSR count). The van der Waals surface area contributed by atoms with Crippen molar-refractivity contribution in [3.8, 4) is 22.3 Å². The Hall–Kier alpha value is -3.27. The average Bonchev–Trinajstić information content (AvgIpc) is 2.61. The van der Waals surface area contributed by atoms with Crippen LogP contribution >= 0.6 is 0 Å². The lowest BCUT2D eigenvalue weighted by molar-refractivity contribution is -0.131. The molecule has 3 aromatic rings. The van der Waals surface area contributed by atoms with E-state index in [9.17, 15) is 4.79 Å². The Morgan fingerprint density at radius 1 is 0.913 bits per heavy atom. The first-order valence-electron chi connectivity index (χ1n) is 7.10. The Balaban J connectivity index is 2.12. The van der Waals surface area contributed by atoms with Crippen LogP contribution in [0.15, 0.2) is 73.3 Å². The molecule has 2 heterocycles. The number of carbonyl (C=O) groups is 1. The summed E-state index contributed by atoms with van der Waals surface area (Å²) < 4.78 is 0. The lowest BCUT2D eigenvalue weighted by atomic mass is 9.96. The molecule has 0 spiro atoms. The number of rotatable bonds is 4. The van der Waals surface area contributed by atoms with Gasteiger partial charge in [-0.2, -0.15) is 0 Å². The van der Waals surface area contributed by atoms with Crippen LogP contribution in [0.1, 0.15) is 5.56 Å². The van der Waals surface area contributed by atoms with Crippen LogP contribution in [-0.2, 0) is 4.79 Å². The van der Waals surface area contributed by atoms with Gasteiger partial charge < -0.3 is 5.11 Å². The highest BCUT2D eigenvalue weighted by Gasteiger charge is 2.06. The van der Waals surface area contributed by atoms with Crippen molar-refractivity contribution in [2.24, 2.45) is 0 Å². The minimum atomic E-state index is -0.978. The summed E-state index contributed by atoms with van der Waals surface area (Å²) in [4.78, 5) is 19.1. The third-order valence-electron chi connectivity index (χ3n) is 3.42. The van der Waals surface area contributed by atoms with Crippen LogP contribution in [0.25, 0.3) is 28.3 Å². The fourth-order valence-electron chi connectivity index (χ4n) is 2.36. The van der Waals surface area contributed by atoms with E-state index >= 15 is 0 Å². The van der Waals surface area contributed by atoms with Crippen LogP contribution < -0.4 is 0 Å². The van der Waals surface area contributed by atoms with E-state index in [4.69, 9.17) is 5.11 Å². The number of nitrogens with zero attached hydrogens (tertiary/aromatic N) is 2. The quantitative estimate of drug-likeness (QED) is 0.742. The molecule has 0 aliphatic rings. The maximum atomic E-state index is 10.9. The Kier molecular flexibility index (Phi) is 4.25. The Labute approximate surface area is 133 Å². The van der Waals surface area contributed by atoms with Gasteiger partial charge in [-0.25, -0.2) is 4.79 Å². The molecule has 0 aliphatic carbocycles. The third kappa shape index (κ3) is 3.49. The average molecular weight is 302 g/mol. The molecule has 4 nitrogen and oxygen atoms in total. The number of pyridine rings is 2. The fraction of sp³-hybridized carbons (Fsp3) is 0. The maximum Gasteiger partial charge on any atom is 0.328 e. The molecule has 0 radical (unpaired) electrons. The molecule has 23 heavy (non-hydrogen) atoms. The molecule has 0 fully saturated rings. The number of aliphatic carboxylic acids is 1. The second kappa shape index (κ2) is 6.66. The van der Waals surface area contributed by atoms with Crippen LogP contribution in [0.3, 0.4) is 0 Å². The molecule has 0 atom stereocenters. The van der Waals surface area contributed by atoms with Crippen LogP contribution in [0.5, 0.6) is 0 Å². The van der Waals surface area contributed by atoms with Crippen LogP contribution in [-0.4, -0.2) is 21.0 Å². The molecule has 112 valence electrons. The minimum Gasteiger partial charge on any atom is -0.478 e. The highest BCUT2D eigenvalue weighted by atomic mass is 16.4. The maximum absolute atomic E-state index is 10.9. The third-order valence-corrected chi connectivity index (χ3v) is 3.42. The second-order valence-electron chi connectivity index (χ2n) is 4.96. The van der Waals surface area contributed by atoms with Gasteiger partial charge in [-0.1, -0.05) is 24.3 Å². The van der Waals surface area contributed by atoms with Crippen molar-refractivity contribution in [2.45, 2.75) is 0 Å². The van der Waals surface area contributed by atoms with Gasteiger partial charge in [0.25, 0.3) is 0 Å². The number of benzene rings is 1. The van der Waals surface area contributed by atoms with Crippen LogP contribution in [0, 0.1) is 0 Å². The van der Waals surface area contributed by atoms with Crippen molar-refractivity contribution >= 4 is 12.0 Å². The zero-order valence-electron chi connectivity index (χ0n) is 12.3. The summed E-state index contributed by atoms with van der Waals surface area (Å²) in [6.07, 6.45) is 9.72. The summed E-state index contributed by atoms with van der Waals surface area (Å²) >= 11 is 0. The van der Waals surface area contributed by atoms with Gasteiger partial charge in [-0.15, -0.1) is 0 Å². The van der Waals surface area contributed by atoms with E-state index in [0.29, 0.717) is 0 Å². The summed E-state index contributed by atoms with van der Waals surface area (Å²) in [5.41, 5.74) is 4.66. The monoisotopic (exact) mass is 302 g/mol. The first-order valence-corrected chi connectivity index (χ1v) is 7.10. The molecule has 1 aromatic carbocycles. The predicted molar refractivity (Wildman–Crippen MR) is 89.6 cm³/mol. The zero-order valence-corrected chi connectivity index (χ0v) is 12.3. The van der Waals surface area contributed by atoms with Crippen LogP contribution in [0.2, 0.25) is 0 Å². The van der Waals surface area contributed by atoms with E-state index in [1.165, 1.54) is 0 Å². The minimum absolute atomic E-state index is 0.821. The fourth-order valence-corrected chi connectivity index (χ4v) is 2.36. The zero-order chi connectivity index (χ0) is 16.1. The lowest BCUT2D eigenvalue weighted by Gasteiger charge is -2.09. The normalized spacial score (nSPS) is 10.8. The first-order chi connectivity index (χ1) is 11.2. The predicted octanol–water partition coefficient (Wildman–Crippen LogP) is 3.91.